The molecule has 0 spiro atoms. The highest BCUT2D eigenvalue weighted by Crippen LogP contribution is 2.26. The maximum Gasteiger partial charge on any atom is 0.241 e. The van der Waals surface area contributed by atoms with E-state index in [9.17, 15) is 8.42 Å². The molecule has 21 heavy (non-hydrogen) atoms. The van der Waals surface area contributed by atoms with Gasteiger partial charge in [0.05, 0.1) is 11.2 Å². The summed E-state index contributed by atoms with van der Waals surface area (Å²) >= 11 is 5.90. The van der Waals surface area contributed by atoms with Gasteiger partial charge in [-0.25, -0.2) is 18.1 Å². The third kappa shape index (κ3) is 3.75. The van der Waals surface area contributed by atoms with Crippen molar-refractivity contribution in [2.24, 2.45) is 0 Å². The van der Waals surface area contributed by atoms with Crippen molar-refractivity contribution < 1.29 is 8.42 Å². The highest BCUT2D eigenvalue weighted by Gasteiger charge is 2.21. The second kappa shape index (κ2) is 6.05. The number of imidazole rings is 1. The van der Waals surface area contributed by atoms with Gasteiger partial charge in [0.2, 0.25) is 10.0 Å². The van der Waals surface area contributed by atoms with E-state index in [0.717, 1.165) is 0 Å². The molecule has 114 valence electrons. The van der Waals surface area contributed by atoms with E-state index < -0.39 is 10.0 Å². The molecule has 0 bridgehead atoms. The fourth-order valence-corrected chi connectivity index (χ4v) is 3.86. The number of nitrogens with one attached hydrogen (secondary N) is 1. The van der Waals surface area contributed by atoms with Crippen LogP contribution in [0, 0.1) is 6.92 Å². The van der Waals surface area contributed by atoms with Gasteiger partial charge in [0.1, 0.15) is 0 Å². The van der Waals surface area contributed by atoms with Crippen LogP contribution < -0.4 is 10.5 Å². The van der Waals surface area contributed by atoms with Gasteiger partial charge >= 0.3 is 0 Å². The molecular formula is C13H17ClN4O2S. The van der Waals surface area contributed by atoms with Crippen LogP contribution in [0.4, 0.5) is 5.69 Å². The summed E-state index contributed by atoms with van der Waals surface area (Å²) in [4.78, 5) is 4.02. The fraction of sp³-hybridized carbons (Fsp3) is 0.308. The van der Waals surface area contributed by atoms with Crippen LogP contribution in [-0.4, -0.2) is 24.0 Å². The van der Waals surface area contributed by atoms with Crippen LogP contribution in [0.2, 0.25) is 5.02 Å². The van der Waals surface area contributed by atoms with Gasteiger partial charge in [0, 0.05) is 35.7 Å². The largest absolute Gasteiger partial charge is 0.398 e. The van der Waals surface area contributed by atoms with Crippen molar-refractivity contribution in [1.29, 1.82) is 0 Å². The summed E-state index contributed by atoms with van der Waals surface area (Å²) in [5, 5.41) is 0.292. The van der Waals surface area contributed by atoms with Gasteiger partial charge in [-0.15, -0.1) is 0 Å². The Labute approximate surface area is 129 Å². The van der Waals surface area contributed by atoms with E-state index in [1.807, 2.05) is 0 Å². The lowest BCUT2D eigenvalue weighted by Gasteiger charge is -2.17. The Morgan fingerprint density at radius 1 is 1.48 bits per heavy atom. The van der Waals surface area contributed by atoms with Crippen LogP contribution >= 0.6 is 11.6 Å². The average Bonchev–Trinajstić information content (AvgIpc) is 2.85. The lowest BCUT2D eigenvalue weighted by molar-refractivity contribution is 0.520. The van der Waals surface area contributed by atoms with Crippen molar-refractivity contribution in [3.8, 4) is 0 Å². The van der Waals surface area contributed by atoms with E-state index in [0.29, 0.717) is 22.8 Å². The second-order valence-electron chi connectivity index (χ2n) is 4.90. The van der Waals surface area contributed by atoms with E-state index in [1.54, 1.807) is 37.1 Å². The quantitative estimate of drug-likeness (QED) is 0.819. The first kappa shape index (κ1) is 15.8. The Morgan fingerprint density at radius 3 is 2.81 bits per heavy atom. The molecule has 8 heteroatoms. The summed E-state index contributed by atoms with van der Waals surface area (Å²) in [6.45, 7) is 3.91. The Morgan fingerprint density at radius 2 is 2.19 bits per heavy atom. The van der Waals surface area contributed by atoms with Crippen LogP contribution in [0.15, 0.2) is 35.7 Å². The van der Waals surface area contributed by atoms with Crippen molar-refractivity contribution in [3.05, 3.63) is 41.4 Å². The van der Waals surface area contributed by atoms with E-state index >= 15 is 0 Å². The standard InChI is InChI=1S/C13H17ClN4O2S/c1-9(7-18-4-3-16-8-18)17-21(19,20)13-6-11(14)5-12(15)10(13)2/h3-6,8-9,17H,7,15H2,1-2H3. The molecule has 0 saturated heterocycles. The highest BCUT2D eigenvalue weighted by atomic mass is 35.5. The number of nitrogens with two attached hydrogens (primary N) is 1. The van der Waals surface area contributed by atoms with E-state index in [4.69, 9.17) is 17.3 Å². The van der Waals surface area contributed by atoms with Gasteiger partial charge in [-0.2, -0.15) is 0 Å². The second-order valence-corrected chi connectivity index (χ2v) is 7.02. The lowest BCUT2D eigenvalue weighted by atomic mass is 10.2. The summed E-state index contributed by atoms with van der Waals surface area (Å²) < 4.78 is 29.3. The zero-order valence-electron chi connectivity index (χ0n) is 11.7. The zero-order chi connectivity index (χ0) is 15.6. The summed E-state index contributed by atoms with van der Waals surface area (Å²) in [5.74, 6) is 0. The molecule has 0 fully saturated rings. The van der Waals surface area contributed by atoms with Crippen LogP contribution in [0.3, 0.4) is 0 Å². The number of halogens is 1. The number of nitrogen functional groups attached to an aromatic ring is 1. The van der Waals surface area contributed by atoms with E-state index in [1.165, 1.54) is 12.1 Å². The van der Waals surface area contributed by atoms with Crippen molar-refractivity contribution in [2.45, 2.75) is 31.3 Å². The Hall–Kier alpha value is -1.57. The summed E-state index contributed by atoms with van der Waals surface area (Å²) in [5.41, 5.74) is 6.61. The van der Waals surface area contributed by atoms with Crippen molar-refractivity contribution in [1.82, 2.24) is 14.3 Å². The maximum absolute atomic E-state index is 12.4. The molecule has 0 amide bonds. The topological polar surface area (TPSA) is 90.0 Å². The molecule has 3 N–H and O–H groups in total. The first-order chi connectivity index (χ1) is 9.79. The van der Waals surface area contributed by atoms with Crippen LogP contribution in [0.25, 0.3) is 0 Å². The first-order valence-electron chi connectivity index (χ1n) is 6.33. The highest BCUT2D eigenvalue weighted by molar-refractivity contribution is 7.89. The Balaban J connectivity index is 2.22. The predicted molar refractivity (Wildman–Crippen MR) is 82.6 cm³/mol. The number of sulfonamides is 1. The minimum absolute atomic E-state index is 0.102. The van der Waals surface area contributed by atoms with Crippen molar-refractivity contribution >= 4 is 27.3 Å². The Bertz CT molecular complexity index is 729. The Kier molecular flexibility index (Phi) is 4.55. The number of nitrogens with zero attached hydrogens (tertiary/aromatic N) is 2. The van der Waals surface area contributed by atoms with E-state index in [2.05, 4.69) is 9.71 Å². The molecule has 0 aliphatic rings. The zero-order valence-corrected chi connectivity index (χ0v) is 13.3. The third-order valence-corrected chi connectivity index (χ3v) is 4.99. The van der Waals surface area contributed by atoms with Crippen LogP contribution in [0.5, 0.6) is 0 Å². The molecule has 1 aromatic heterocycles. The third-order valence-electron chi connectivity index (χ3n) is 3.05. The number of benzene rings is 1. The van der Waals surface area contributed by atoms with Gasteiger partial charge < -0.3 is 10.3 Å². The van der Waals surface area contributed by atoms with Gasteiger partial charge in [0.15, 0.2) is 0 Å². The molecule has 1 aromatic carbocycles. The lowest BCUT2D eigenvalue weighted by Crippen LogP contribution is -2.35. The molecule has 2 aromatic rings. The van der Waals surface area contributed by atoms with Crippen molar-refractivity contribution in [2.75, 3.05) is 5.73 Å². The number of hydrogen-bond donors (Lipinski definition) is 2. The summed E-state index contributed by atoms with van der Waals surface area (Å²) in [6, 6.07) is 2.63. The van der Waals surface area contributed by atoms with Gasteiger partial charge in [-0.1, -0.05) is 11.6 Å². The summed E-state index contributed by atoms with van der Waals surface area (Å²) in [6.07, 6.45) is 5.05. The smallest absolute Gasteiger partial charge is 0.241 e. The fourth-order valence-electron chi connectivity index (χ4n) is 2.03. The SMILES string of the molecule is Cc1c(N)cc(Cl)cc1S(=O)(=O)NC(C)Cn1ccnc1. The van der Waals surface area contributed by atoms with E-state index in [-0.39, 0.29) is 10.9 Å². The monoisotopic (exact) mass is 328 g/mol. The molecule has 1 unspecified atom stereocenters. The van der Waals surface area contributed by atoms with Crippen molar-refractivity contribution in [3.63, 3.8) is 0 Å². The number of rotatable bonds is 5. The molecule has 1 atom stereocenters. The number of anilines is 1. The average molecular weight is 329 g/mol. The maximum atomic E-state index is 12.4. The molecule has 6 nitrogen and oxygen atoms in total. The molecule has 2 rings (SSSR count). The van der Waals surface area contributed by atoms with Crippen LogP contribution in [-0.2, 0) is 16.6 Å². The molecule has 0 aliphatic heterocycles. The normalized spacial score (nSPS) is 13.3. The van der Waals surface area contributed by atoms with Gasteiger partial charge in [-0.05, 0) is 31.5 Å². The molecule has 0 radical (unpaired) electrons. The predicted octanol–water partition coefficient (Wildman–Crippen LogP) is 1.79. The molecular weight excluding hydrogens is 312 g/mol. The molecule has 1 heterocycles. The molecule has 0 aliphatic carbocycles. The minimum atomic E-state index is -3.69. The number of aromatic nitrogens is 2. The van der Waals surface area contributed by atoms with Gasteiger partial charge in [-0.3, -0.25) is 0 Å². The number of hydrogen-bond acceptors (Lipinski definition) is 4. The molecule has 0 saturated carbocycles. The summed E-state index contributed by atoms with van der Waals surface area (Å²) in [7, 11) is -3.69. The van der Waals surface area contributed by atoms with Gasteiger partial charge in [0.25, 0.3) is 0 Å². The van der Waals surface area contributed by atoms with Crippen LogP contribution in [0.1, 0.15) is 12.5 Å². The first-order valence-corrected chi connectivity index (χ1v) is 8.19. The minimum Gasteiger partial charge on any atom is -0.398 e.